The Kier molecular flexibility index (Phi) is 2.40. The first-order valence-electron chi connectivity index (χ1n) is 4.75. The van der Waals surface area contributed by atoms with Gasteiger partial charge >= 0.3 is 5.97 Å². The first kappa shape index (κ1) is 10.3. The van der Waals surface area contributed by atoms with E-state index in [-0.39, 0.29) is 24.7 Å². The number of phenols is 1. The van der Waals surface area contributed by atoms with Gasteiger partial charge in [0.25, 0.3) is 0 Å². The lowest BCUT2D eigenvalue weighted by Gasteiger charge is -2.03. The Morgan fingerprint density at radius 1 is 1.50 bits per heavy atom. The molecule has 0 aliphatic heterocycles. The second-order valence-electron chi connectivity index (χ2n) is 3.41. The van der Waals surface area contributed by atoms with Gasteiger partial charge in [-0.1, -0.05) is 6.07 Å². The third-order valence-corrected chi connectivity index (χ3v) is 2.34. The third-order valence-electron chi connectivity index (χ3n) is 2.34. The van der Waals surface area contributed by atoms with Crippen molar-refractivity contribution in [3.8, 4) is 5.75 Å². The molecule has 0 radical (unpaired) electrons. The van der Waals surface area contributed by atoms with Crippen LogP contribution < -0.4 is 5.73 Å². The zero-order chi connectivity index (χ0) is 11.7. The number of hydrogen-bond acceptors (Lipinski definition) is 4. The standard InChI is InChI=1S/C10H11N3O3/c11-10-12-9-6(2-1-3-7(9)14)13(10)5-4-8(15)16/h1-3,14H,4-5H2,(H2,11,12)(H,15,16). The van der Waals surface area contributed by atoms with Gasteiger partial charge in [-0.2, -0.15) is 0 Å². The molecular weight excluding hydrogens is 210 g/mol. The van der Waals surface area contributed by atoms with Gasteiger partial charge in [0.2, 0.25) is 5.95 Å². The number of hydrogen-bond donors (Lipinski definition) is 3. The molecule has 6 nitrogen and oxygen atoms in total. The number of carboxylic acid groups (broad SMARTS) is 1. The third kappa shape index (κ3) is 1.65. The highest BCUT2D eigenvalue weighted by Gasteiger charge is 2.11. The Balaban J connectivity index is 2.48. The number of aromatic nitrogens is 2. The molecule has 0 saturated carbocycles. The highest BCUT2D eigenvalue weighted by atomic mass is 16.4. The lowest BCUT2D eigenvalue weighted by molar-refractivity contribution is -0.137. The van der Waals surface area contributed by atoms with Gasteiger partial charge in [0.1, 0.15) is 11.3 Å². The van der Waals surface area contributed by atoms with Crippen LogP contribution in [0.2, 0.25) is 0 Å². The van der Waals surface area contributed by atoms with Gasteiger partial charge in [0.05, 0.1) is 11.9 Å². The molecule has 84 valence electrons. The molecule has 0 saturated heterocycles. The van der Waals surface area contributed by atoms with Gasteiger partial charge in [-0.15, -0.1) is 0 Å². The smallest absolute Gasteiger partial charge is 0.305 e. The van der Waals surface area contributed by atoms with Crippen LogP contribution >= 0.6 is 0 Å². The number of benzene rings is 1. The van der Waals surface area contributed by atoms with E-state index in [1.54, 1.807) is 16.7 Å². The maximum absolute atomic E-state index is 10.5. The molecule has 0 bridgehead atoms. The van der Waals surface area contributed by atoms with Gasteiger partial charge in [-0.25, -0.2) is 4.98 Å². The topological polar surface area (TPSA) is 101 Å². The number of fused-ring (bicyclic) bond motifs is 1. The van der Waals surface area contributed by atoms with E-state index in [4.69, 9.17) is 10.8 Å². The fourth-order valence-corrected chi connectivity index (χ4v) is 1.59. The van der Waals surface area contributed by atoms with E-state index >= 15 is 0 Å². The Bertz CT molecular complexity index is 547. The molecule has 0 atom stereocenters. The molecule has 0 fully saturated rings. The molecular formula is C10H11N3O3. The maximum Gasteiger partial charge on any atom is 0.305 e. The number of nitrogens with zero attached hydrogens (tertiary/aromatic N) is 2. The number of nitrogens with two attached hydrogens (primary N) is 1. The number of aliphatic carboxylic acids is 1. The summed E-state index contributed by atoms with van der Waals surface area (Å²) in [7, 11) is 0. The number of anilines is 1. The quantitative estimate of drug-likeness (QED) is 0.711. The first-order chi connectivity index (χ1) is 7.59. The van der Waals surface area contributed by atoms with Gasteiger partial charge in [0, 0.05) is 6.54 Å². The second-order valence-corrected chi connectivity index (χ2v) is 3.41. The molecule has 6 heteroatoms. The summed E-state index contributed by atoms with van der Waals surface area (Å²) in [5.74, 6) is -0.655. The summed E-state index contributed by atoms with van der Waals surface area (Å²) in [5.41, 5.74) is 6.69. The number of rotatable bonds is 3. The second kappa shape index (κ2) is 3.73. The summed E-state index contributed by atoms with van der Waals surface area (Å²) in [6, 6.07) is 4.91. The molecule has 16 heavy (non-hydrogen) atoms. The lowest BCUT2D eigenvalue weighted by atomic mass is 10.3. The Morgan fingerprint density at radius 3 is 2.94 bits per heavy atom. The van der Waals surface area contributed by atoms with Crippen molar-refractivity contribution < 1.29 is 15.0 Å². The zero-order valence-corrected chi connectivity index (χ0v) is 8.42. The minimum absolute atomic E-state index is 0.0364. The number of para-hydroxylation sites is 1. The fraction of sp³-hybridized carbons (Fsp3) is 0.200. The highest BCUT2D eigenvalue weighted by Crippen LogP contribution is 2.25. The number of aromatic hydroxyl groups is 1. The summed E-state index contributed by atoms with van der Waals surface area (Å²) in [6.45, 7) is 0.237. The van der Waals surface area contributed by atoms with Crippen molar-refractivity contribution in [3.05, 3.63) is 18.2 Å². The molecule has 1 aromatic heterocycles. The minimum atomic E-state index is -0.901. The van der Waals surface area contributed by atoms with E-state index in [1.807, 2.05) is 0 Å². The van der Waals surface area contributed by atoms with Crippen molar-refractivity contribution in [3.63, 3.8) is 0 Å². The molecule has 0 unspecified atom stereocenters. The van der Waals surface area contributed by atoms with Crippen molar-refractivity contribution in [1.29, 1.82) is 0 Å². The minimum Gasteiger partial charge on any atom is -0.506 e. The van der Waals surface area contributed by atoms with Crippen molar-refractivity contribution in [2.45, 2.75) is 13.0 Å². The van der Waals surface area contributed by atoms with Crippen LogP contribution in [0.5, 0.6) is 5.75 Å². The van der Waals surface area contributed by atoms with E-state index in [0.29, 0.717) is 11.0 Å². The molecule has 0 spiro atoms. The molecule has 0 aliphatic carbocycles. The normalized spacial score (nSPS) is 10.8. The van der Waals surface area contributed by atoms with Crippen LogP contribution in [-0.2, 0) is 11.3 Å². The molecule has 0 amide bonds. The van der Waals surface area contributed by atoms with E-state index in [9.17, 15) is 9.90 Å². The lowest BCUT2D eigenvalue weighted by Crippen LogP contribution is -2.07. The predicted octanol–water partition coefficient (Wildman–Crippen LogP) is 0.799. The highest BCUT2D eigenvalue weighted by molar-refractivity contribution is 5.84. The van der Waals surface area contributed by atoms with Crippen molar-refractivity contribution >= 4 is 23.0 Å². The number of carbonyl (C=O) groups is 1. The number of imidazole rings is 1. The average molecular weight is 221 g/mol. The summed E-state index contributed by atoms with van der Waals surface area (Å²) < 4.78 is 1.57. The molecule has 0 aliphatic rings. The monoisotopic (exact) mass is 221 g/mol. The van der Waals surface area contributed by atoms with Gasteiger partial charge in [0.15, 0.2) is 0 Å². The fourth-order valence-electron chi connectivity index (χ4n) is 1.59. The van der Waals surface area contributed by atoms with Crippen LogP contribution in [-0.4, -0.2) is 25.7 Å². The first-order valence-corrected chi connectivity index (χ1v) is 4.75. The molecule has 2 rings (SSSR count). The van der Waals surface area contributed by atoms with Crippen LogP contribution in [0.15, 0.2) is 18.2 Å². The van der Waals surface area contributed by atoms with Crippen molar-refractivity contribution in [1.82, 2.24) is 9.55 Å². The number of carboxylic acids is 1. The molecule has 1 heterocycles. The van der Waals surface area contributed by atoms with Gasteiger partial charge in [-0.05, 0) is 12.1 Å². The van der Waals surface area contributed by atoms with Crippen LogP contribution in [0.1, 0.15) is 6.42 Å². The van der Waals surface area contributed by atoms with E-state index in [0.717, 1.165) is 0 Å². The molecule has 1 aromatic carbocycles. The predicted molar refractivity (Wildman–Crippen MR) is 58.1 cm³/mol. The Hall–Kier alpha value is -2.24. The Morgan fingerprint density at radius 2 is 2.25 bits per heavy atom. The Labute approximate surface area is 90.9 Å². The van der Waals surface area contributed by atoms with Crippen molar-refractivity contribution in [2.24, 2.45) is 0 Å². The number of phenolic OH excluding ortho intramolecular Hbond substituents is 1. The maximum atomic E-state index is 10.5. The van der Waals surface area contributed by atoms with Gasteiger partial charge < -0.3 is 20.5 Å². The van der Waals surface area contributed by atoms with Crippen LogP contribution in [0.4, 0.5) is 5.95 Å². The number of aryl methyl sites for hydroxylation is 1. The van der Waals surface area contributed by atoms with Crippen molar-refractivity contribution in [2.75, 3.05) is 5.73 Å². The van der Waals surface area contributed by atoms with E-state index in [1.165, 1.54) is 6.07 Å². The molecule has 2 aromatic rings. The summed E-state index contributed by atoms with van der Waals surface area (Å²) >= 11 is 0. The van der Waals surface area contributed by atoms with Gasteiger partial charge in [-0.3, -0.25) is 4.79 Å². The van der Waals surface area contributed by atoms with E-state index in [2.05, 4.69) is 4.98 Å². The van der Waals surface area contributed by atoms with Crippen LogP contribution in [0.3, 0.4) is 0 Å². The van der Waals surface area contributed by atoms with E-state index < -0.39 is 5.97 Å². The number of nitrogen functional groups attached to an aromatic ring is 1. The summed E-state index contributed by atoms with van der Waals surface area (Å²) in [5, 5.41) is 18.1. The largest absolute Gasteiger partial charge is 0.506 e. The zero-order valence-electron chi connectivity index (χ0n) is 8.42. The average Bonchev–Trinajstić information content (AvgIpc) is 2.53. The SMILES string of the molecule is Nc1nc2c(O)cccc2n1CCC(=O)O. The van der Waals surface area contributed by atoms with Crippen LogP contribution in [0, 0.1) is 0 Å². The summed E-state index contributed by atoms with van der Waals surface area (Å²) in [6.07, 6.45) is -0.0364. The van der Waals surface area contributed by atoms with Crippen LogP contribution in [0.25, 0.3) is 11.0 Å². The molecule has 4 N–H and O–H groups in total. The summed E-state index contributed by atoms with van der Waals surface area (Å²) in [4.78, 5) is 14.5.